The van der Waals surface area contributed by atoms with E-state index in [-0.39, 0.29) is 33.9 Å². The van der Waals surface area contributed by atoms with E-state index in [0.29, 0.717) is 12.0 Å². The van der Waals surface area contributed by atoms with Crippen molar-refractivity contribution in [3.63, 3.8) is 0 Å². The molecule has 3 aromatic rings. The van der Waals surface area contributed by atoms with Crippen LogP contribution >= 0.6 is 11.3 Å². The summed E-state index contributed by atoms with van der Waals surface area (Å²) in [6.07, 6.45) is 0.705. The van der Waals surface area contributed by atoms with Crippen molar-refractivity contribution in [2.75, 3.05) is 26.1 Å². The van der Waals surface area contributed by atoms with Crippen molar-refractivity contribution >= 4 is 34.2 Å². The number of thiophene rings is 1. The minimum Gasteiger partial charge on any atom is -0.465 e. The van der Waals surface area contributed by atoms with Crippen LogP contribution in [0.5, 0.6) is 0 Å². The van der Waals surface area contributed by atoms with Crippen LogP contribution in [0.1, 0.15) is 42.8 Å². The number of ether oxygens (including phenoxy) is 2. The van der Waals surface area contributed by atoms with Crippen LogP contribution in [-0.4, -0.2) is 38.6 Å². The Morgan fingerprint density at radius 3 is 2.12 bits per heavy atom. The zero-order chi connectivity index (χ0) is 23.8. The average Bonchev–Trinajstić information content (AvgIpc) is 3.17. The van der Waals surface area contributed by atoms with Gasteiger partial charge in [0.05, 0.1) is 26.3 Å². The van der Waals surface area contributed by atoms with Gasteiger partial charge in [0, 0.05) is 6.04 Å². The van der Waals surface area contributed by atoms with Crippen LogP contribution in [-0.2, 0) is 20.7 Å². The topological polar surface area (TPSA) is 93.7 Å². The molecule has 0 aliphatic heterocycles. The molecule has 0 radical (unpaired) electrons. The largest absolute Gasteiger partial charge is 0.465 e. The lowest BCUT2D eigenvalue weighted by Gasteiger charge is -2.19. The van der Waals surface area contributed by atoms with Gasteiger partial charge in [-0.25, -0.2) is 9.59 Å². The minimum absolute atomic E-state index is 0.0114. The first-order chi connectivity index (χ1) is 15.9. The number of amides is 1. The summed E-state index contributed by atoms with van der Waals surface area (Å²) in [7, 11) is 2.51. The highest BCUT2D eigenvalue weighted by Gasteiger charge is 2.27. The monoisotopic (exact) mass is 466 g/mol. The van der Waals surface area contributed by atoms with Gasteiger partial charge in [0.1, 0.15) is 9.88 Å². The Morgan fingerprint density at radius 2 is 1.52 bits per heavy atom. The van der Waals surface area contributed by atoms with E-state index < -0.39 is 11.9 Å². The first-order valence-electron chi connectivity index (χ1n) is 10.4. The van der Waals surface area contributed by atoms with Crippen molar-refractivity contribution in [2.45, 2.75) is 19.4 Å². The zero-order valence-electron chi connectivity index (χ0n) is 18.7. The number of anilines is 1. The number of nitrogens with one attached hydrogen (secondary N) is 2. The molecule has 1 heterocycles. The van der Waals surface area contributed by atoms with Gasteiger partial charge in [-0.1, -0.05) is 60.7 Å². The third kappa shape index (κ3) is 6.06. The molecular formula is C25H26N2O5S. The number of carbonyl (C=O) groups excluding carboxylic acids is 3. The van der Waals surface area contributed by atoms with E-state index in [1.165, 1.54) is 14.2 Å². The molecule has 1 unspecified atom stereocenters. The summed E-state index contributed by atoms with van der Waals surface area (Å²) in [5.74, 6) is -1.55. The molecule has 0 bridgehead atoms. The number of benzene rings is 2. The van der Waals surface area contributed by atoms with Crippen LogP contribution in [0.2, 0.25) is 0 Å². The summed E-state index contributed by atoms with van der Waals surface area (Å²) >= 11 is 0.989. The maximum absolute atomic E-state index is 12.8. The molecule has 0 spiro atoms. The second kappa shape index (κ2) is 11.4. The van der Waals surface area contributed by atoms with Crippen molar-refractivity contribution in [3.8, 4) is 0 Å². The van der Waals surface area contributed by atoms with Crippen molar-refractivity contribution in [1.82, 2.24) is 5.32 Å². The molecule has 3 rings (SSSR count). The van der Waals surface area contributed by atoms with Gasteiger partial charge in [0.15, 0.2) is 0 Å². The van der Waals surface area contributed by atoms with Crippen molar-refractivity contribution < 1.29 is 23.9 Å². The molecule has 2 N–H and O–H groups in total. The number of methoxy groups -OCH3 is 2. The lowest BCUT2D eigenvalue weighted by molar-refractivity contribution is -0.115. The molecule has 0 aliphatic rings. The molecule has 172 valence electrons. The van der Waals surface area contributed by atoms with Crippen LogP contribution in [0, 0.1) is 6.92 Å². The van der Waals surface area contributed by atoms with Crippen molar-refractivity contribution in [3.05, 3.63) is 87.8 Å². The molecule has 7 nitrogen and oxygen atoms in total. The summed E-state index contributed by atoms with van der Waals surface area (Å²) < 4.78 is 9.62. The van der Waals surface area contributed by atoms with E-state index in [9.17, 15) is 14.4 Å². The van der Waals surface area contributed by atoms with Gasteiger partial charge in [0.2, 0.25) is 5.91 Å². The van der Waals surface area contributed by atoms with E-state index in [1.807, 2.05) is 60.7 Å². The summed E-state index contributed by atoms with van der Waals surface area (Å²) in [5.41, 5.74) is 2.77. The van der Waals surface area contributed by atoms with Crippen LogP contribution in [0.4, 0.5) is 5.00 Å². The van der Waals surface area contributed by atoms with Gasteiger partial charge in [-0.05, 0) is 30.0 Å². The second-order valence-electron chi connectivity index (χ2n) is 7.33. The Balaban J connectivity index is 1.76. The van der Waals surface area contributed by atoms with Gasteiger partial charge >= 0.3 is 11.9 Å². The molecule has 0 saturated carbocycles. The van der Waals surface area contributed by atoms with E-state index in [1.54, 1.807) is 6.92 Å². The quantitative estimate of drug-likeness (QED) is 0.461. The fourth-order valence-electron chi connectivity index (χ4n) is 3.47. The molecule has 1 amide bonds. The predicted octanol–water partition coefficient (Wildman–Crippen LogP) is 4.14. The van der Waals surface area contributed by atoms with Crippen LogP contribution in [0.3, 0.4) is 0 Å². The Labute approximate surface area is 196 Å². The lowest BCUT2D eigenvalue weighted by atomic mass is 9.99. The number of esters is 2. The maximum Gasteiger partial charge on any atom is 0.348 e. The smallest absolute Gasteiger partial charge is 0.348 e. The van der Waals surface area contributed by atoms with Gasteiger partial charge in [-0.3, -0.25) is 4.79 Å². The zero-order valence-corrected chi connectivity index (χ0v) is 19.5. The molecule has 1 atom stereocenters. The fourth-order valence-corrected chi connectivity index (χ4v) is 4.60. The molecule has 8 heteroatoms. The molecule has 2 aromatic carbocycles. The third-order valence-electron chi connectivity index (χ3n) is 5.15. The Bertz CT molecular complexity index is 1110. The van der Waals surface area contributed by atoms with Gasteiger partial charge in [-0.15, -0.1) is 11.3 Å². The van der Waals surface area contributed by atoms with E-state index in [4.69, 9.17) is 9.47 Å². The van der Waals surface area contributed by atoms with Crippen LogP contribution in [0.25, 0.3) is 0 Å². The SMILES string of the molecule is COC(=O)c1sc(NC(=O)CNC(Cc2ccccc2)c2ccccc2)c(C(=O)OC)c1C. The molecule has 0 fully saturated rings. The van der Waals surface area contributed by atoms with Gasteiger partial charge < -0.3 is 20.1 Å². The van der Waals surface area contributed by atoms with Crippen LogP contribution < -0.4 is 10.6 Å². The van der Waals surface area contributed by atoms with Gasteiger partial charge in [0.25, 0.3) is 0 Å². The van der Waals surface area contributed by atoms with E-state index in [2.05, 4.69) is 10.6 Å². The third-order valence-corrected chi connectivity index (χ3v) is 6.34. The highest BCUT2D eigenvalue weighted by Crippen LogP contribution is 2.34. The standard InChI is InChI=1S/C25H26N2O5S/c1-16-21(24(29)31-2)23(33-22(16)25(30)32-3)27-20(28)15-26-19(18-12-8-5-9-13-18)14-17-10-6-4-7-11-17/h4-13,19,26H,14-15H2,1-3H3,(H,27,28). The number of rotatable bonds is 9. The molecule has 1 aromatic heterocycles. The minimum atomic E-state index is -0.631. The van der Waals surface area contributed by atoms with Gasteiger partial charge in [-0.2, -0.15) is 0 Å². The highest BCUT2D eigenvalue weighted by molar-refractivity contribution is 7.18. The number of hydrogen-bond acceptors (Lipinski definition) is 7. The van der Waals surface area contributed by atoms with Crippen molar-refractivity contribution in [1.29, 1.82) is 0 Å². The molecule has 33 heavy (non-hydrogen) atoms. The molecule has 0 aliphatic carbocycles. The number of hydrogen-bond donors (Lipinski definition) is 2. The normalized spacial score (nSPS) is 11.5. The molecule has 0 saturated heterocycles. The maximum atomic E-state index is 12.8. The predicted molar refractivity (Wildman–Crippen MR) is 128 cm³/mol. The number of carbonyl (C=O) groups is 3. The highest BCUT2D eigenvalue weighted by atomic mass is 32.1. The Kier molecular flexibility index (Phi) is 8.34. The first-order valence-corrected chi connectivity index (χ1v) is 11.2. The van der Waals surface area contributed by atoms with E-state index in [0.717, 1.165) is 22.5 Å². The summed E-state index contributed by atoms with van der Waals surface area (Å²) in [5, 5.41) is 6.31. The van der Waals surface area contributed by atoms with E-state index >= 15 is 0 Å². The molecular weight excluding hydrogens is 440 g/mol. The lowest BCUT2D eigenvalue weighted by Crippen LogP contribution is -2.32. The average molecular weight is 467 g/mol. The Hall–Kier alpha value is -3.49. The van der Waals surface area contributed by atoms with Crippen molar-refractivity contribution in [2.24, 2.45) is 0 Å². The van der Waals surface area contributed by atoms with Crippen LogP contribution in [0.15, 0.2) is 60.7 Å². The second-order valence-corrected chi connectivity index (χ2v) is 8.35. The summed E-state index contributed by atoms with van der Waals surface area (Å²) in [4.78, 5) is 37.4. The summed E-state index contributed by atoms with van der Waals surface area (Å²) in [6.45, 7) is 1.63. The Morgan fingerprint density at radius 1 is 0.909 bits per heavy atom. The summed E-state index contributed by atoms with van der Waals surface area (Å²) in [6, 6.07) is 19.8. The first kappa shape index (κ1) is 24.2. The fraction of sp³-hybridized carbons (Fsp3) is 0.240.